The van der Waals surface area contributed by atoms with Gasteiger partial charge in [0.2, 0.25) is 10.0 Å². The topological polar surface area (TPSA) is 49.4 Å². The molecule has 1 saturated heterocycles. The van der Waals surface area contributed by atoms with Crippen molar-refractivity contribution in [2.75, 3.05) is 20.1 Å². The summed E-state index contributed by atoms with van der Waals surface area (Å²) in [6.07, 6.45) is 0.859. The molecule has 1 N–H and O–H groups in total. The number of hydrogen-bond acceptors (Lipinski definition) is 3. The predicted molar refractivity (Wildman–Crippen MR) is 95.3 cm³/mol. The summed E-state index contributed by atoms with van der Waals surface area (Å²) in [4.78, 5) is 0.349. The van der Waals surface area contributed by atoms with E-state index in [1.54, 1.807) is 19.2 Å². The minimum Gasteiger partial charge on any atom is -0.315 e. The van der Waals surface area contributed by atoms with Crippen molar-refractivity contribution in [1.29, 1.82) is 0 Å². The summed E-state index contributed by atoms with van der Waals surface area (Å²) < 4.78 is 26.8. The van der Waals surface area contributed by atoms with Crippen molar-refractivity contribution < 1.29 is 8.42 Å². The minimum absolute atomic E-state index is 0. The highest BCUT2D eigenvalue weighted by molar-refractivity contribution is 7.89. The molecule has 1 aliphatic rings. The number of nitrogens with zero attached hydrogens (tertiary/aromatic N) is 1. The van der Waals surface area contributed by atoms with Crippen LogP contribution < -0.4 is 5.32 Å². The number of rotatable bonds is 4. The standard InChI is InChI=1S/C17H20N2O2S.ClH/c1-19(16-11-12-18-13-16)22(20,21)17-9-7-15(8-10-17)14-5-3-2-4-6-14;/h2-10,16,18H,11-13H2,1H3;1H. The molecular weight excluding hydrogens is 332 g/mol. The van der Waals surface area contributed by atoms with Crippen molar-refractivity contribution in [3.05, 3.63) is 54.6 Å². The quantitative estimate of drug-likeness (QED) is 0.920. The van der Waals surface area contributed by atoms with Crippen LogP contribution >= 0.6 is 12.4 Å². The minimum atomic E-state index is -3.43. The van der Waals surface area contributed by atoms with Crippen LogP contribution in [0.4, 0.5) is 0 Å². The lowest BCUT2D eigenvalue weighted by atomic mass is 10.1. The van der Waals surface area contributed by atoms with Crippen LogP contribution in [0.5, 0.6) is 0 Å². The van der Waals surface area contributed by atoms with Gasteiger partial charge in [0.1, 0.15) is 0 Å². The Labute approximate surface area is 144 Å². The highest BCUT2D eigenvalue weighted by Crippen LogP contribution is 2.24. The van der Waals surface area contributed by atoms with Gasteiger partial charge in [0, 0.05) is 19.6 Å². The fraction of sp³-hybridized carbons (Fsp3) is 0.294. The number of sulfonamides is 1. The van der Waals surface area contributed by atoms with Gasteiger partial charge in [0.15, 0.2) is 0 Å². The third-order valence-electron chi connectivity index (χ3n) is 4.19. The number of halogens is 1. The van der Waals surface area contributed by atoms with E-state index in [0.29, 0.717) is 4.90 Å². The first kappa shape index (κ1) is 17.9. The van der Waals surface area contributed by atoms with Crippen LogP contribution in [0.25, 0.3) is 11.1 Å². The van der Waals surface area contributed by atoms with Crippen LogP contribution in [0.2, 0.25) is 0 Å². The Balaban J connectivity index is 0.00000192. The van der Waals surface area contributed by atoms with Gasteiger partial charge in [-0.3, -0.25) is 0 Å². The summed E-state index contributed by atoms with van der Waals surface area (Å²) >= 11 is 0. The average molecular weight is 353 g/mol. The molecular formula is C17H21ClN2O2S. The van der Waals surface area contributed by atoms with E-state index in [1.165, 1.54) is 4.31 Å². The van der Waals surface area contributed by atoms with Gasteiger partial charge in [-0.25, -0.2) is 8.42 Å². The lowest BCUT2D eigenvalue weighted by Gasteiger charge is -2.23. The molecule has 4 nitrogen and oxygen atoms in total. The summed E-state index contributed by atoms with van der Waals surface area (Å²) in [6, 6.07) is 17.1. The number of benzene rings is 2. The van der Waals surface area contributed by atoms with Gasteiger partial charge in [-0.15, -0.1) is 12.4 Å². The van der Waals surface area contributed by atoms with Crippen molar-refractivity contribution in [2.24, 2.45) is 0 Å². The first-order valence-electron chi connectivity index (χ1n) is 7.43. The molecule has 2 aromatic rings. The maximum absolute atomic E-state index is 12.7. The van der Waals surface area contributed by atoms with Gasteiger partial charge in [-0.05, 0) is 36.2 Å². The molecule has 3 rings (SSSR count). The van der Waals surface area contributed by atoms with Crippen LogP contribution in [-0.2, 0) is 10.0 Å². The molecule has 1 unspecified atom stereocenters. The summed E-state index contributed by atoms with van der Waals surface area (Å²) in [7, 11) is -1.76. The fourth-order valence-corrected chi connectivity index (χ4v) is 4.15. The SMILES string of the molecule is CN(C1CCNC1)S(=O)(=O)c1ccc(-c2ccccc2)cc1.Cl. The van der Waals surface area contributed by atoms with Crippen molar-refractivity contribution in [3.8, 4) is 11.1 Å². The van der Waals surface area contributed by atoms with E-state index in [1.807, 2.05) is 42.5 Å². The smallest absolute Gasteiger partial charge is 0.243 e. The Morgan fingerprint density at radius 2 is 1.61 bits per heavy atom. The molecule has 0 aromatic heterocycles. The molecule has 1 heterocycles. The Morgan fingerprint density at radius 1 is 1.00 bits per heavy atom. The highest BCUT2D eigenvalue weighted by atomic mass is 35.5. The number of hydrogen-bond donors (Lipinski definition) is 1. The fourth-order valence-electron chi connectivity index (χ4n) is 2.76. The largest absolute Gasteiger partial charge is 0.315 e. The van der Waals surface area contributed by atoms with Gasteiger partial charge in [0.25, 0.3) is 0 Å². The molecule has 124 valence electrons. The summed E-state index contributed by atoms with van der Waals surface area (Å²) in [5.74, 6) is 0. The van der Waals surface area contributed by atoms with E-state index < -0.39 is 10.0 Å². The van der Waals surface area contributed by atoms with Crippen molar-refractivity contribution in [3.63, 3.8) is 0 Å². The van der Waals surface area contributed by atoms with Gasteiger partial charge >= 0.3 is 0 Å². The van der Waals surface area contributed by atoms with Crippen molar-refractivity contribution in [2.45, 2.75) is 17.4 Å². The molecule has 0 amide bonds. The second kappa shape index (κ2) is 7.45. The normalized spacial score (nSPS) is 17.9. The molecule has 2 aromatic carbocycles. The van der Waals surface area contributed by atoms with E-state index in [0.717, 1.165) is 30.6 Å². The third kappa shape index (κ3) is 3.75. The molecule has 0 spiro atoms. The second-order valence-corrected chi connectivity index (χ2v) is 7.56. The van der Waals surface area contributed by atoms with Crippen molar-refractivity contribution >= 4 is 22.4 Å². The van der Waals surface area contributed by atoms with Gasteiger partial charge < -0.3 is 5.32 Å². The zero-order valence-electron chi connectivity index (χ0n) is 13.0. The summed E-state index contributed by atoms with van der Waals surface area (Å²) in [6.45, 7) is 1.59. The van der Waals surface area contributed by atoms with Crippen LogP contribution in [0.1, 0.15) is 6.42 Å². The third-order valence-corrected chi connectivity index (χ3v) is 6.11. The molecule has 1 aliphatic heterocycles. The molecule has 0 aliphatic carbocycles. The first-order chi connectivity index (χ1) is 10.6. The molecule has 1 fully saturated rings. The maximum atomic E-state index is 12.7. The molecule has 1 atom stereocenters. The zero-order chi connectivity index (χ0) is 15.6. The maximum Gasteiger partial charge on any atom is 0.243 e. The Morgan fingerprint density at radius 3 is 2.17 bits per heavy atom. The van der Waals surface area contributed by atoms with Crippen LogP contribution in [0.3, 0.4) is 0 Å². The van der Waals surface area contributed by atoms with Crippen LogP contribution in [0, 0.1) is 0 Å². The van der Waals surface area contributed by atoms with Crippen LogP contribution in [0.15, 0.2) is 59.5 Å². The molecule has 0 bridgehead atoms. The zero-order valence-corrected chi connectivity index (χ0v) is 14.6. The second-order valence-electron chi connectivity index (χ2n) is 5.56. The molecule has 0 saturated carbocycles. The average Bonchev–Trinajstić information content (AvgIpc) is 3.09. The van der Waals surface area contributed by atoms with E-state index in [-0.39, 0.29) is 18.4 Å². The first-order valence-corrected chi connectivity index (χ1v) is 8.87. The van der Waals surface area contributed by atoms with Gasteiger partial charge in [-0.1, -0.05) is 42.5 Å². The van der Waals surface area contributed by atoms with E-state index in [2.05, 4.69) is 5.32 Å². The van der Waals surface area contributed by atoms with Gasteiger partial charge in [-0.2, -0.15) is 4.31 Å². The highest BCUT2D eigenvalue weighted by Gasteiger charge is 2.29. The van der Waals surface area contributed by atoms with Crippen molar-refractivity contribution in [1.82, 2.24) is 9.62 Å². The van der Waals surface area contributed by atoms with E-state index in [9.17, 15) is 8.42 Å². The number of nitrogens with one attached hydrogen (secondary N) is 1. The summed E-state index contributed by atoms with van der Waals surface area (Å²) in [5.41, 5.74) is 2.10. The lowest BCUT2D eigenvalue weighted by molar-refractivity contribution is 0.388. The lowest BCUT2D eigenvalue weighted by Crippen LogP contribution is -2.38. The molecule has 23 heavy (non-hydrogen) atoms. The predicted octanol–water partition coefficient (Wildman–Crippen LogP) is 2.76. The van der Waals surface area contributed by atoms with E-state index >= 15 is 0 Å². The Bertz CT molecular complexity index is 727. The molecule has 0 radical (unpaired) electrons. The van der Waals surface area contributed by atoms with Crippen LogP contribution in [-0.4, -0.2) is 38.9 Å². The Hall–Kier alpha value is -1.40. The van der Waals surface area contributed by atoms with Gasteiger partial charge in [0.05, 0.1) is 4.90 Å². The van der Waals surface area contributed by atoms with E-state index in [4.69, 9.17) is 0 Å². The number of likely N-dealkylation sites (N-methyl/N-ethyl adjacent to an activating group) is 1. The molecule has 6 heteroatoms. The summed E-state index contributed by atoms with van der Waals surface area (Å²) in [5, 5.41) is 3.20. The monoisotopic (exact) mass is 352 g/mol. The Kier molecular flexibility index (Phi) is 5.81.